The molecule has 1 saturated heterocycles. The van der Waals surface area contributed by atoms with Crippen LogP contribution in [0.1, 0.15) is 45.5 Å². The number of nitrogens with zero attached hydrogens (tertiary/aromatic N) is 1. The highest BCUT2D eigenvalue weighted by Gasteiger charge is 2.47. The first-order valence-electron chi connectivity index (χ1n) is 7.27. The van der Waals surface area contributed by atoms with Crippen LogP contribution >= 0.6 is 0 Å². The van der Waals surface area contributed by atoms with Crippen molar-refractivity contribution in [1.29, 1.82) is 0 Å². The first-order valence-corrected chi connectivity index (χ1v) is 7.27. The molecular formula is C16H19NO4. The maximum Gasteiger partial charge on any atom is 0.335 e. The van der Waals surface area contributed by atoms with Crippen LogP contribution in [0.4, 0.5) is 0 Å². The standard InChI is InChI=1S/C16H19NO4/c1-11-7-12(9-13(8-11)15(19)20)14(18)17-5-6-21-10-16(17)3-2-4-16/h7-9H,2-6,10H2,1H3,(H,19,20). The molecule has 1 heterocycles. The molecule has 2 aliphatic rings. The Bertz CT molecular complexity index is 592. The van der Waals surface area contributed by atoms with Crippen LogP contribution in [0.5, 0.6) is 0 Å². The molecular weight excluding hydrogens is 270 g/mol. The number of morpholine rings is 1. The Morgan fingerprint density at radius 2 is 1.95 bits per heavy atom. The highest BCUT2D eigenvalue weighted by molar-refractivity contribution is 5.98. The van der Waals surface area contributed by atoms with Gasteiger partial charge in [-0.05, 0) is 49.9 Å². The Balaban J connectivity index is 1.92. The van der Waals surface area contributed by atoms with Crippen LogP contribution in [-0.4, -0.2) is 47.2 Å². The molecule has 1 N–H and O–H groups in total. The number of amides is 1. The Hall–Kier alpha value is -1.88. The van der Waals surface area contributed by atoms with Gasteiger partial charge in [-0.15, -0.1) is 0 Å². The van der Waals surface area contributed by atoms with Crippen molar-refractivity contribution in [2.75, 3.05) is 19.8 Å². The molecule has 1 aliphatic carbocycles. The third-order valence-corrected chi connectivity index (χ3v) is 4.50. The van der Waals surface area contributed by atoms with Gasteiger partial charge in [-0.2, -0.15) is 0 Å². The van der Waals surface area contributed by atoms with Gasteiger partial charge in [0.05, 0.1) is 24.3 Å². The lowest BCUT2D eigenvalue weighted by atomic mass is 9.75. The van der Waals surface area contributed by atoms with E-state index in [0.29, 0.717) is 25.3 Å². The number of rotatable bonds is 2. The first-order chi connectivity index (χ1) is 10.0. The monoisotopic (exact) mass is 289 g/mol. The molecule has 3 rings (SSSR count). The molecule has 0 bridgehead atoms. The van der Waals surface area contributed by atoms with E-state index in [1.165, 1.54) is 6.07 Å². The fraction of sp³-hybridized carbons (Fsp3) is 0.500. The molecule has 112 valence electrons. The zero-order chi connectivity index (χ0) is 15.0. The van der Waals surface area contributed by atoms with Crippen LogP contribution < -0.4 is 0 Å². The number of aryl methyl sites for hydroxylation is 1. The van der Waals surface area contributed by atoms with E-state index in [-0.39, 0.29) is 17.0 Å². The highest BCUT2D eigenvalue weighted by Crippen LogP contribution is 2.40. The maximum absolute atomic E-state index is 12.8. The molecule has 0 atom stereocenters. The third kappa shape index (κ3) is 2.42. The van der Waals surface area contributed by atoms with E-state index in [1.54, 1.807) is 12.1 Å². The number of hydrogen-bond donors (Lipinski definition) is 1. The van der Waals surface area contributed by atoms with Gasteiger partial charge in [0, 0.05) is 12.1 Å². The molecule has 1 aliphatic heterocycles. The molecule has 1 aromatic carbocycles. The van der Waals surface area contributed by atoms with E-state index in [1.807, 2.05) is 11.8 Å². The van der Waals surface area contributed by atoms with Gasteiger partial charge in [-0.3, -0.25) is 4.79 Å². The summed E-state index contributed by atoms with van der Waals surface area (Å²) in [6, 6.07) is 4.81. The number of carboxylic acids is 1. The SMILES string of the molecule is Cc1cc(C(=O)O)cc(C(=O)N2CCOCC23CCC3)c1. The molecule has 0 aromatic heterocycles. The third-order valence-electron chi connectivity index (χ3n) is 4.50. The van der Waals surface area contributed by atoms with E-state index >= 15 is 0 Å². The summed E-state index contributed by atoms with van der Waals surface area (Å²) in [6.07, 6.45) is 3.05. The number of benzene rings is 1. The Morgan fingerprint density at radius 3 is 2.57 bits per heavy atom. The van der Waals surface area contributed by atoms with Gasteiger partial charge in [0.1, 0.15) is 0 Å². The van der Waals surface area contributed by atoms with E-state index in [2.05, 4.69) is 0 Å². The lowest BCUT2D eigenvalue weighted by molar-refractivity contribution is -0.0877. The van der Waals surface area contributed by atoms with Crippen LogP contribution in [0.15, 0.2) is 18.2 Å². The molecule has 0 radical (unpaired) electrons. The number of hydrogen-bond acceptors (Lipinski definition) is 3. The van der Waals surface area contributed by atoms with Gasteiger partial charge >= 0.3 is 5.97 Å². The summed E-state index contributed by atoms with van der Waals surface area (Å²) in [5.41, 5.74) is 1.24. The van der Waals surface area contributed by atoms with Crippen molar-refractivity contribution in [1.82, 2.24) is 4.90 Å². The van der Waals surface area contributed by atoms with E-state index < -0.39 is 5.97 Å². The Morgan fingerprint density at radius 1 is 1.24 bits per heavy atom. The second-order valence-corrected chi connectivity index (χ2v) is 5.98. The summed E-state index contributed by atoms with van der Waals surface area (Å²) in [5, 5.41) is 9.14. The number of carboxylic acid groups (broad SMARTS) is 1. The van der Waals surface area contributed by atoms with Gasteiger partial charge in [0.25, 0.3) is 5.91 Å². The minimum Gasteiger partial charge on any atom is -0.478 e. The molecule has 0 unspecified atom stereocenters. The summed E-state index contributed by atoms with van der Waals surface area (Å²) in [5.74, 6) is -1.09. The van der Waals surface area contributed by atoms with Crippen molar-refractivity contribution in [2.45, 2.75) is 31.7 Å². The number of aromatic carboxylic acids is 1. The molecule has 5 nitrogen and oxygen atoms in total. The topological polar surface area (TPSA) is 66.8 Å². The highest BCUT2D eigenvalue weighted by atomic mass is 16.5. The predicted molar refractivity (Wildman–Crippen MR) is 76.6 cm³/mol. The zero-order valence-corrected chi connectivity index (χ0v) is 12.1. The minimum atomic E-state index is -1.01. The minimum absolute atomic E-state index is 0.0794. The molecule has 1 saturated carbocycles. The summed E-state index contributed by atoms with van der Waals surface area (Å²) in [7, 11) is 0. The van der Waals surface area contributed by atoms with Gasteiger partial charge in [-0.1, -0.05) is 0 Å². The van der Waals surface area contributed by atoms with Crippen molar-refractivity contribution in [3.05, 3.63) is 34.9 Å². The Labute approximate surface area is 123 Å². The summed E-state index contributed by atoms with van der Waals surface area (Å²) in [6.45, 7) is 3.53. The number of ether oxygens (including phenoxy) is 1. The fourth-order valence-corrected chi connectivity index (χ4v) is 3.24. The van der Waals surface area contributed by atoms with Gasteiger partial charge < -0.3 is 14.7 Å². The Kier molecular flexibility index (Phi) is 3.45. The van der Waals surface area contributed by atoms with Crippen LogP contribution in [0.2, 0.25) is 0 Å². The molecule has 1 amide bonds. The normalized spacial score (nSPS) is 20.1. The summed E-state index contributed by atoms with van der Waals surface area (Å²) in [4.78, 5) is 25.9. The molecule has 1 spiro atoms. The number of carbonyl (C=O) groups is 2. The largest absolute Gasteiger partial charge is 0.478 e. The van der Waals surface area contributed by atoms with Crippen molar-refractivity contribution < 1.29 is 19.4 Å². The average molecular weight is 289 g/mol. The van der Waals surface area contributed by atoms with Crippen molar-refractivity contribution in [3.63, 3.8) is 0 Å². The lowest BCUT2D eigenvalue weighted by Gasteiger charge is -2.52. The first kappa shape index (κ1) is 14.1. The van der Waals surface area contributed by atoms with Gasteiger partial charge in [0.15, 0.2) is 0 Å². The van der Waals surface area contributed by atoms with Crippen molar-refractivity contribution >= 4 is 11.9 Å². The average Bonchev–Trinajstić information content (AvgIpc) is 2.44. The van der Waals surface area contributed by atoms with Crippen LogP contribution in [-0.2, 0) is 4.74 Å². The van der Waals surface area contributed by atoms with Crippen LogP contribution in [0.25, 0.3) is 0 Å². The second-order valence-electron chi connectivity index (χ2n) is 5.98. The predicted octanol–water partition coefficient (Wildman–Crippen LogP) is 2.09. The quantitative estimate of drug-likeness (QED) is 0.905. The van der Waals surface area contributed by atoms with Crippen LogP contribution in [0, 0.1) is 6.92 Å². The van der Waals surface area contributed by atoms with Gasteiger partial charge in [-0.25, -0.2) is 4.79 Å². The van der Waals surface area contributed by atoms with E-state index in [4.69, 9.17) is 9.84 Å². The fourth-order valence-electron chi connectivity index (χ4n) is 3.24. The molecule has 2 fully saturated rings. The second kappa shape index (κ2) is 5.15. The van der Waals surface area contributed by atoms with E-state index in [0.717, 1.165) is 24.8 Å². The van der Waals surface area contributed by atoms with Crippen molar-refractivity contribution in [3.8, 4) is 0 Å². The smallest absolute Gasteiger partial charge is 0.335 e. The zero-order valence-electron chi connectivity index (χ0n) is 12.1. The van der Waals surface area contributed by atoms with Gasteiger partial charge in [0.2, 0.25) is 0 Å². The van der Waals surface area contributed by atoms with Crippen molar-refractivity contribution in [2.24, 2.45) is 0 Å². The number of carbonyl (C=O) groups excluding carboxylic acids is 1. The maximum atomic E-state index is 12.8. The summed E-state index contributed by atoms with van der Waals surface area (Å²) < 4.78 is 5.54. The lowest BCUT2D eigenvalue weighted by Crippen LogP contribution is -2.62. The van der Waals surface area contributed by atoms with E-state index in [9.17, 15) is 9.59 Å². The molecule has 1 aromatic rings. The van der Waals surface area contributed by atoms with Crippen LogP contribution in [0.3, 0.4) is 0 Å². The molecule has 21 heavy (non-hydrogen) atoms. The molecule has 5 heteroatoms. The summed E-state index contributed by atoms with van der Waals surface area (Å²) >= 11 is 0.